The average molecular weight is 614 g/mol. The highest BCUT2D eigenvalue weighted by Gasteiger charge is 2.66. The number of fused-ring (bicyclic) bond motifs is 3. The van der Waals surface area contributed by atoms with Crippen molar-refractivity contribution in [3.63, 3.8) is 0 Å². The van der Waals surface area contributed by atoms with Crippen LogP contribution < -0.4 is 19.9 Å². The summed E-state index contributed by atoms with van der Waals surface area (Å²) in [5.41, 5.74) is 1.66. The third-order valence-electron chi connectivity index (χ3n) is 9.27. The Balaban J connectivity index is 1.60. The number of unbranched alkanes of at least 4 members (excludes halogenated alkanes) is 1. The van der Waals surface area contributed by atoms with Gasteiger partial charge < -0.3 is 34.0 Å². The van der Waals surface area contributed by atoms with Gasteiger partial charge in [-0.05, 0) is 94.2 Å². The third-order valence-corrected chi connectivity index (χ3v) is 11.7. The Morgan fingerprint density at radius 1 is 1.12 bits per heavy atom. The van der Waals surface area contributed by atoms with Gasteiger partial charge in [-0.2, -0.15) is 0 Å². The van der Waals surface area contributed by atoms with E-state index >= 15 is 4.11 Å². The minimum atomic E-state index is -3.31. The first-order valence-corrected chi connectivity index (χ1v) is 18.3. The van der Waals surface area contributed by atoms with Crippen molar-refractivity contribution in [2.24, 2.45) is 5.92 Å². The van der Waals surface area contributed by atoms with E-state index in [1.54, 1.807) is 29.9 Å². The lowest BCUT2D eigenvalue weighted by Crippen LogP contribution is -2.49. The molecule has 1 fully saturated rings. The van der Waals surface area contributed by atoms with Crippen LogP contribution in [0.25, 0.3) is 0 Å². The van der Waals surface area contributed by atoms with Gasteiger partial charge in [0.25, 0.3) is 5.91 Å². The summed E-state index contributed by atoms with van der Waals surface area (Å²) in [6, 6.07) is 10.7. The molecule has 0 aliphatic carbocycles. The Morgan fingerprint density at radius 3 is 2.53 bits per heavy atom. The molecule has 234 valence electrons. The molecule has 3 aliphatic rings. The number of nitrogens with one attached hydrogen (secondary N) is 1. The van der Waals surface area contributed by atoms with Gasteiger partial charge in [0.15, 0.2) is 5.60 Å². The molecule has 0 saturated carbocycles. The number of carbonyl (C=O) groups excluding carboxylic acids is 2. The predicted molar refractivity (Wildman–Crippen MR) is 166 cm³/mol. The second-order valence-electron chi connectivity index (χ2n) is 12.4. The number of likely N-dealkylation sites (N-methyl/N-ethyl adjacent to an activating group) is 1. The molecule has 3 N–H and O–H groups in total. The first kappa shape index (κ1) is 31.6. The van der Waals surface area contributed by atoms with Crippen LogP contribution in [0.5, 0.6) is 5.75 Å². The van der Waals surface area contributed by atoms with Gasteiger partial charge in [-0.3, -0.25) is 14.5 Å². The Kier molecular flexibility index (Phi) is 9.02. The third kappa shape index (κ3) is 5.39. The van der Waals surface area contributed by atoms with E-state index in [4.69, 9.17) is 9.47 Å². The topological polar surface area (TPSA) is 112 Å². The highest BCUT2D eigenvalue weighted by molar-refractivity contribution is 6.72. The molecule has 2 aromatic carbocycles. The Bertz CT molecular complexity index is 1370. The SMILES string of the molecule is CCOc1ccc2c(c1)CC(NCCCCO)C(=O)N2c1ccc2c(c1)[C@]1(O[C@@H](CCO)[C@H]([Si](C)(C)F)[C@H]1C)C(=O)N2C. The van der Waals surface area contributed by atoms with Crippen LogP contribution in [0.3, 0.4) is 0 Å². The van der Waals surface area contributed by atoms with Crippen LogP contribution in [0.4, 0.5) is 21.2 Å². The van der Waals surface area contributed by atoms with Crippen LogP contribution in [0.2, 0.25) is 18.6 Å². The summed E-state index contributed by atoms with van der Waals surface area (Å²) in [5.74, 6) is -0.130. The molecular weight excluding hydrogens is 569 g/mol. The number of amides is 2. The molecule has 0 bridgehead atoms. The Morgan fingerprint density at radius 2 is 1.86 bits per heavy atom. The molecule has 3 heterocycles. The lowest BCUT2D eigenvalue weighted by atomic mass is 9.82. The highest BCUT2D eigenvalue weighted by atomic mass is 28.4. The van der Waals surface area contributed by atoms with E-state index < -0.39 is 37.6 Å². The molecule has 1 unspecified atom stereocenters. The molecule has 5 rings (SSSR count). The van der Waals surface area contributed by atoms with Crippen molar-refractivity contribution in [2.45, 2.75) is 75.9 Å². The minimum absolute atomic E-state index is 0.0968. The van der Waals surface area contributed by atoms with E-state index in [2.05, 4.69) is 5.32 Å². The maximum atomic E-state index is 15.8. The summed E-state index contributed by atoms with van der Waals surface area (Å²) in [6.07, 6.45) is 1.52. The molecule has 0 radical (unpaired) electrons. The van der Waals surface area contributed by atoms with Crippen LogP contribution in [0.1, 0.15) is 44.2 Å². The summed E-state index contributed by atoms with van der Waals surface area (Å²) in [5, 5.41) is 22.4. The number of nitrogens with zero attached hydrogens (tertiary/aromatic N) is 2. The standard InChI is InChI=1S/C32H44FN3O6Si/c1-6-41-23-10-12-26-21(17-23)18-25(34-14-7-8-15-37)30(39)36(26)22-9-11-27-24(19-22)32(31(40)35(27)3)20(2)29(43(4,5)33)28(42-32)13-16-38/h9-12,17,19-20,25,28-29,34,37-38H,6-8,13-16,18H2,1-5H3/t20-,25?,28+,29-,32+/m1/s1. The van der Waals surface area contributed by atoms with Crippen molar-refractivity contribution >= 4 is 37.3 Å². The summed E-state index contributed by atoms with van der Waals surface area (Å²) < 4.78 is 28.1. The van der Waals surface area contributed by atoms with Crippen molar-refractivity contribution in [3.05, 3.63) is 47.5 Å². The van der Waals surface area contributed by atoms with Crippen LogP contribution >= 0.6 is 0 Å². The molecule has 43 heavy (non-hydrogen) atoms. The molecular formula is C32H44FN3O6Si. The van der Waals surface area contributed by atoms with Gasteiger partial charge in [-0.25, -0.2) is 0 Å². The number of benzene rings is 2. The second kappa shape index (κ2) is 12.3. The molecule has 5 atom stereocenters. The number of aliphatic hydroxyl groups excluding tert-OH is 2. The Labute approximate surface area is 254 Å². The van der Waals surface area contributed by atoms with E-state index in [9.17, 15) is 19.8 Å². The molecule has 9 nitrogen and oxygen atoms in total. The van der Waals surface area contributed by atoms with Crippen LogP contribution in [0, 0.1) is 5.92 Å². The fraction of sp³-hybridized carbons (Fsp3) is 0.562. The summed E-state index contributed by atoms with van der Waals surface area (Å²) in [7, 11) is -1.61. The van der Waals surface area contributed by atoms with Gasteiger partial charge in [0.1, 0.15) is 5.75 Å². The quantitative estimate of drug-likeness (QED) is 0.198. The molecule has 2 amide bonds. The lowest BCUT2D eigenvalue weighted by molar-refractivity contribution is -0.146. The fourth-order valence-corrected chi connectivity index (χ4v) is 9.94. The van der Waals surface area contributed by atoms with Crippen molar-refractivity contribution in [1.29, 1.82) is 0 Å². The minimum Gasteiger partial charge on any atom is -0.494 e. The number of rotatable bonds is 11. The normalized spacial score (nSPS) is 26.8. The Hall–Kier alpha value is -2.83. The first-order chi connectivity index (χ1) is 20.5. The van der Waals surface area contributed by atoms with Gasteiger partial charge in [0.2, 0.25) is 14.3 Å². The van der Waals surface area contributed by atoms with E-state index in [0.717, 1.165) is 23.4 Å². The van der Waals surface area contributed by atoms with Crippen LogP contribution in [-0.4, -0.2) is 76.0 Å². The molecule has 0 aromatic heterocycles. The van der Waals surface area contributed by atoms with E-state index in [0.29, 0.717) is 42.9 Å². The van der Waals surface area contributed by atoms with E-state index in [1.165, 1.54) is 0 Å². The van der Waals surface area contributed by atoms with Gasteiger partial charge in [0.05, 0.1) is 30.1 Å². The lowest BCUT2D eigenvalue weighted by Gasteiger charge is -2.36. The monoisotopic (exact) mass is 613 g/mol. The molecule has 11 heteroatoms. The molecule has 1 saturated heterocycles. The molecule has 1 spiro atoms. The van der Waals surface area contributed by atoms with Crippen molar-refractivity contribution < 1.29 is 33.4 Å². The average Bonchev–Trinajstić information content (AvgIpc) is 3.37. The number of ether oxygens (including phenoxy) is 2. The number of halogens is 1. The maximum absolute atomic E-state index is 15.8. The predicted octanol–water partition coefficient (Wildman–Crippen LogP) is 4.17. The van der Waals surface area contributed by atoms with E-state index in [-0.39, 0.29) is 31.4 Å². The molecule has 3 aliphatic heterocycles. The number of aliphatic hydroxyl groups is 2. The van der Waals surface area contributed by atoms with Crippen molar-refractivity contribution in [3.8, 4) is 5.75 Å². The van der Waals surface area contributed by atoms with Crippen LogP contribution in [-0.2, 0) is 26.3 Å². The van der Waals surface area contributed by atoms with E-state index in [1.807, 2.05) is 50.2 Å². The second-order valence-corrected chi connectivity index (χ2v) is 16.2. The highest BCUT2D eigenvalue weighted by Crippen LogP contribution is 2.60. The first-order valence-electron chi connectivity index (χ1n) is 15.3. The zero-order valence-electron chi connectivity index (χ0n) is 25.7. The van der Waals surface area contributed by atoms with Crippen LogP contribution in [0.15, 0.2) is 36.4 Å². The number of hydrogen-bond donors (Lipinski definition) is 3. The number of hydrogen-bond acceptors (Lipinski definition) is 7. The summed E-state index contributed by atoms with van der Waals surface area (Å²) in [4.78, 5) is 31.3. The molecule has 2 aromatic rings. The van der Waals surface area contributed by atoms with Gasteiger partial charge in [-0.15, -0.1) is 0 Å². The number of anilines is 3. The van der Waals surface area contributed by atoms with Crippen molar-refractivity contribution in [1.82, 2.24) is 5.32 Å². The maximum Gasteiger partial charge on any atom is 0.264 e. The van der Waals surface area contributed by atoms with Gasteiger partial charge in [0, 0.05) is 43.0 Å². The smallest absolute Gasteiger partial charge is 0.264 e. The zero-order chi connectivity index (χ0) is 31.1. The van der Waals surface area contributed by atoms with Gasteiger partial charge >= 0.3 is 0 Å². The summed E-state index contributed by atoms with van der Waals surface area (Å²) in [6.45, 7) is 8.11. The number of carbonyl (C=O) groups is 2. The van der Waals surface area contributed by atoms with Crippen molar-refractivity contribution in [2.75, 3.05) is 43.2 Å². The summed E-state index contributed by atoms with van der Waals surface area (Å²) >= 11 is 0. The van der Waals surface area contributed by atoms with Gasteiger partial charge in [-0.1, -0.05) is 6.92 Å². The zero-order valence-corrected chi connectivity index (χ0v) is 26.7. The largest absolute Gasteiger partial charge is 0.494 e. The fourth-order valence-electron chi connectivity index (χ4n) is 7.40.